The van der Waals surface area contributed by atoms with Crippen LogP contribution in [0.5, 0.6) is 5.88 Å². The molecule has 2 amide bonds. The largest absolute Gasteiger partial charge is 0.466 e. The lowest BCUT2D eigenvalue weighted by Crippen LogP contribution is -2.37. The number of aromatic nitrogens is 2. The van der Waals surface area contributed by atoms with Gasteiger partial charge in [0.15, 0.2) is 18.2 Å². The molecule has 2 aromatic rings. The SMILES string of the molecule is O=C1COc2ncc(C(=O)NC3CCN(c4ncccc4F)C3)cc2N1. The third-order valence-corrected chi connectivity index (χ3v) is 4.29. The quantitative estimate of drug-likeness (QED) is 0.849. The first-order valence-corrected chi connectivity index (χ1v) is 8.19. The van der Waals surface area contributed by atoms with Gasteiger partial charge in [-0.25, -0.2) is 14.4 Å². The van der Waals surface area contributed by atoms with Crippen LogP contribution in [0.4, 0.5) is 15.9 Å². The highest BCUT2D eigenvalue weighted by atomic mass is 19.1. The number of hydrogen-bond acceptors (Lipinski definition) is 6. The number of hydrogen-bond donors (Lipinski definition) is 2. The highest BCUT2D eigenvalue weighted by Gasteiger charge is 2.27. The first-order chi connectivity index (χ1) is 12.6. The number of pyridine rings is 2. The molecule has 0 saturated carbocycles. The van der Waals surface area contributed by atoms with E-state index < -0.39 is 0 Å². The Morgan fingerprint density at radius 3 is 3.15 bits per heavy atom. The summed E-state index contributed by atoms with van der Waals surface area (Å²) in [7, 11) is 0. The third kappa shape index (κ3) is 3.15. The van der Waals surface area contributed by atoms with Crippen LogP contribution in [0.25, 0.3) is 0 Å². The lowest BCUT2D eigenvalue weighted by Gasteiger charge is -2.19. The molecule has 8 nitrogen and oxygen atoms in total. The number of ether oxygens (including phenoxy) is 1. The molecule has 1 atom stereocenters. The van der Waals surface area contributed by atoms with Gasteiger partial charge in [0.1, 0.15) is 5.69 Å². The summed E-state index contributed by atoms with van der Waals surface area (Å²) < 4.78 is 19.0. The van der Waals surface area contributed by atoms with Crippen molar-refractivity contribution in [3.8, 4) is 5.88 Å². The number of fused-ring (bicyclic) bond motifs is 1. The normalized spacial score (nSPS) is 18.7. The first-order valence-electron chi connectivity index (χ1n) is 8.19. The maximum Gasteiger partial charge on any atom is 0.262 e. The summed E-state index contributed by atoms with van der Waals surface area (Å²) in [5.41, 5.74) is 0.689. The number of nitrogens with zero attached hydrogens (tertiary/aromatic N) is 3. The predicted octanol–water partition coefficient (Wildman–Crippen LogP) is 0.955. The topological polar surface area (TPSA) is 96.4 Å². The summed E-state index contributed by atoms with van der Waals surface area (Å²) in [5.74, 6) is -0.401. The second-order valence-corrected chi connectivity index (χ2v) is 6.13. The van der Waals surface area contributed by atoms with Crippen LogP contribution >= 0.6 is 0 Å². The van der Waals surface area contributed by atoms with Gasteiger partial charge in [-0.15, -0.1) is 0 Å². The minimum Gasteiger partial charge on any atom is -0.466 e. The van der Waals surface area contributed by atoms with Crippen molar-refractivity contribution in [1.82, 2.24) is 15.3 Å². The summed E-state index contributed by atoms with van der Waals surface area (Å²) in [6, 6.07) is 4.30. The van der Waals surface area contributed by atoms with E-state index in [1.54, 1.807) is 17.2 Å². The molecular formula is C17H16FN5O3. The Kier molecular flexibility index (Phi) is 4.11. The Morgan fingerprint density at radius 1 is 1.42 bits per heavy atom. The molecule has 0 aliphatic carbocycles. The summed E-state index contributed by atoms with van der Waals surface area (Å²) in [6.07, 6.45) is 3.62. The number of rotatable bonds is 3. The molecule has 2 aliphatic rings. The average Bonchev–Trinajstić information content (AvgIpc) is 3.09. The molecule has 1 saturated heterocycles. The van der Waals surface area contributed by atoms with E-state index in [-0.39, 0.29) is 30.3 Å². The fourth-order valence-corrected chi connectivity index (χ4v) is 3.05. The molecule has 4 heterocycles. The minimum atomic E-state index is -0.380. The number of carbonyl (C=O) groups excluding carboxylic acids is 2. The Hall–Kier alpha value is -3.23. The van der Waals surface area contributed by atoms with Gasteiger partial charge in [-0.1, -0.05) is 0 Å². The van der Waals surface area contributed by atoms with Crippen LogP contribution in [0.15, 0.2) is 30.6 Å². The van der Waals surface area contributed by atoms with Gasteiger partial charge in [0.2, 0.25) is 5.88 Å². The first kappa shape index (κ1) is 16.2. The van der Waals surface area contributed by atoms with E-state index in [4.69, 9.17) is 4.74 Å². The molecule has 134 valence electrons. The second kappa shape index (κ2) is 6.58. The zero-order chi connectivity index (χ0) is 18.1. The molecule has 2 N–H and O–H groups in total. The molecular weight excluding hydrogens is 341 g/mol. The van der Waals surface area contributed by atoms with Crippen molar-refractivity contribution in [2.75, 3.05) is 29.9 Å². The Morgan fingerprint density at radius 2 is 2.31 bits per heavy atom. The van der Waals surface area contributed by atoms with E-state index in [1.807, 2.05) is 0 Å². The van der Waals surface area contributed by atoms with Crippen LogP contribution in [-0.2, 0) is 4.79 Å². The number of carbonyl (C=O) groups is 2. The molecule has 0 aromatic carbocycles. The van der Waals surface area contributed by atoms with Crippen molar-refractivity contribution >= 4 is 23.3 Å². The van der Waals surface area contributed by atoms with Crippen molar-refractivity contribution in [2.45, 2.75) is 12.5 Å². The third-order valence-electron chi connectivity index (χ3n) is 4.29. The Balaban J connectivity index is 1.42. The average molecular weight is 357 g/mol. The van der Waals surface area contributed by atoms with E-state index in [1.165, 1.54) is 18.3 Å². The van der Waals surface area contributed by atoms with Gasteiger partial charge >= 0.3 is 0 Å². The summed E-state index contributed by atoms with van der Waals surface area (Å²) in [5, 5.41) is 5.53. The molecule has 2 aliphatic heterocycles. The molecule has 0 bridgehead atoms. The lowest BCUT2D eigenvalue weighted by atomic mass is 10.2. The van der Waals surface area contributed by atoms with Crippen molar-refractivity contribution in [1.29, 1.82) is 0 Å². The molecule has 4 rings (SSSR count). The van der Waals surface area contributed by atoms with Gasteiger partial charge in [-0.3, -0.25) is 9.59 Å². The van der Waals surface area contributed by atoms with Crippen molar-refractivity contribution < 1.29 is 18.7 Å². The van der Waals surface area contributed by atoms with Crippen LogP contribution in [0, 0.1) is 5.82 Å². The molecule has 0 radical (unpaired) electrons. The zero-order valence-electron chi connectivity index (χ0n) is 13.7. The Labute approximate surface area is 148 Å². The molecule has 9 heteroatoms. The molecule has 1 fully saturated rings. The van der Waals surface area contributed by atoms with Crippen LogP contribution in [-0.4, -0.2) is 47.5 Å². The summed E-state index contributed by atoms with van der Waals surface area (Å²) in [4.78, 5) is 33.8. The lowest BCUT2D eigenvalue weighted by molar-refractivity contribution is -0.118. The van der Waals surface area contributed by atoms with E-state index >= 15 is 0 Å². The number of anilines is 2. The Bertz CT molecular complexity index is 875. The van der Waals surface area contributed by atoms with Gasteiger partial charge in [-0.2, -0.15) is 0 Å². The van der Waals surface area contributed by atoms with Gasteiger partial charge in [0, 0.05) is 31.5 Å². The minimum absolute atomic E-state index is 0.0897. The maximum absolute atomic E-state index is 13.8. The van der Waals surface area contributed by atoms with Gasteiger partial charge in [0.25, 0.3) is 11.8 Å². The van der Waals surface area contributed by atoms with Gasteiger partial charge in [0.05, 0.1) is 5.56 Å². The van der Waals surface area contributed by atoms with Crippen LogP contribution in [0.3, 0.4) is 0 Å². The van der Waals surface area contributed by atoms with Gasteiger partial charge in [-0.05, 0) is 24.6 Å². The van der Waals surface area contributed by atoms with Crippen molar-refractivity contribution in [3.05, 3.63) is 42.0 Å². The number of nitrogens with one attached hydrogen (secondary N) is 2. The molecule has 1 unspecified atom stereocenters. The number of amides is 2. The van der Waals surface area contributed by atoms with Crippen LogP contribution < -0.4 is 20.3 Å². The monoisotopic (exact) mass is 357 g/mol. The van der Waals surface area contributed by atoms with Crippen LogP contribution in [0.1, 0.15) is 16.8 Å². The standard InChI is InChI=1S/C17H16FN5O3/c18-12-2-1-4-19-15(12)23-5-3-11(8-23)21-16(25)10-6-13-17(20-7-10)26-9-14(24)22-13/h1-2,4,6-7,11H,3,5,8-9H2,(H,21,25)(H,22,24). The van der Waals surface area contributed by atoms with E-state index in [0.29, 0.717) is 42.5 Å². The van der Waals surface area contributed by atoms with Crippen molar-refractivity contribution in [2.24, 2.45) is 0 Å². The van der Waals surface area contributed by atoms with E-state index in [9.17, 15) is 14.0 Å². The highest BCUT2D eigenvalue weighted by molar-refractivity contribution is 5.99. The summed E-state index contributed by atoms with van der Waals surface area (Å²) in [6.45, 7) is 0.983. The number of halogens is 1. The molecule has 0 spiro atoms. The van der Waals surface area contributed by atoms with Gasteiger partial charge < -0.3 is 20.3 Å². The second-order valence-electron chi connectivity index (χ2n) is 6.13. The van der Waals surface area contributed by atoms with E-state index in [0.717, 1.165) is 0 Å². The fraction of sp³-hybridized carbons (Fsp3) is 0.294. The smallest absolute Gasteiger partial charge is 0.262 e. The maximum atomic E-state index is 13.8. The molecule has 26 heavy (non-hydrogen) atoms. The van der Waals surface area contributed by atoms with E-state index in [2.05, 4.69) is 20.6 Å². The molecule has 2 aromatic heterocycles. The predicted molar refractivity (Wildman–Crippen MR) is 90.6 cm³/mol. The highest BCUT2D eigenvalue weighted by Crippen LogP contribution is 2.26. The van der Waals surface area contributed by atoms with Crippen molar-refractivity contribution in [3.63, 3.8) is 0 Å². The summed E-state index contributed by atoms with van der Waals surface area (Å²) >= 11 is 0. The fourth-order valence-electron chi connectivity index (χ4n) is 3.05. The van der Waals surface area contributed by atoms with Crippen LogP contribution in [0.2, 0.25) is 0 Å². The zero-order valence-corrected chi connectivity index (χ0v) is 13.7.